The van der Waals surface area contributed by atoms with Crippen molar-refractivity contribution in [1.29, 1.82) is 0 Å². The molecule has 2 N–H and O–H groups in total. The number of fused-ring (bicyclic) bond motifs is 1. The molecule has 3 rings (SSSR count). The van der Waals surface area contributed by atoms with Gasteiger partial charge in [-0.15, -0.1) is 0 Å². The summed E-state index contributed by atoms with van der Waals surface area (Å²) in [5.41, 5.74) is 3.50. The molecule has 2 heterocycles. The number of rotatable bonds is 1. The molecule has 1 atom stereocenters. The molecule has 3 heteroatoms. The van der Waals surface area contributed by atoms with Crippen molar-refractivity contribution in [3.63, 3.8) is 0 Å². The number of aromatic amines is 1. The Balaban J connectivity index is 0.000000415. The fraction of sp³-hybridized carbons (Fsp3) is 0.562. The molecule has 1 aliphatic rings. The summed E-state index contributed by atoms with van der Waals surface area (Å²) in [6.45, 7) is 11.2. The van der Waals surface area contributed by atoms with E-state index < -0.39 is 0 Å². The van der Waals surface area contributed by atoms with Gasteiger partial charge in [0.15, 0.2) is 0 Å². The van der Waals surface area contributed by atoms with E-state index in [0.717, 1.165) is 23.4 Å². The van der Waals surface area contributed by atoms with E-state index in [-0.39, 0.29) is 0 Å². The smallest absolute Gasteiger partial charge is 0.124 e. The van der Waals surface area contributed by atoms with Crippen LogP contribution in [0.2, 0.25) is 0 Å². The maximum absolute atomic E-state index is 4.62. The Hall–Kier alpha value is -1.35. The lowest BCUT2D eigenvalue weighted by atomic mass is 10.2. The zero-order valence-electron chi connectivity index (χ0n) is 12.9. The van der Waals surface area contributed by atoms with Crippen LogP contribution in [0.3, 0.4) is 0 Å². The molecule has 1 unspecified atom stereocenters. The van der Waals surface area contributed by atoms with Gasteiger partial charge in [-0.25, -0.2) is 4.98 Å². The van der Waals surface area contributed by atoms with Crippen LogP contribution in [-0.2, 0) is 0 Å². The highest BCUT2D eigenvalue weighted by atomic mass is 15.0. The molecule has 0 saturated carbocycles. The minimum Gasteiger partial charge on any atom is -0.341 e. The van der Waals surface area contributed by atoms with Gasteiger partial charge in [0.05, 0.1) is 17.1 Å². The van der Waals surface area contributed by atoms with Gasteiger partial charge in [-0.05, 0) is 44.0 Å². The van der Waals surface area contributed by atoms with Gasteiger partial charge in [0.2, 0.25) is 0 Å². The first kappa shape index (κ1) is 15.7. The fourth-order valence-electron chi connectivity index (χ4n) is 2.23. The highest BCUT2D eigenvalue weighted by Crippen LogP contribution is 2.23. The Kier molecular flexibility index (Phi) is 6.57. The number of hydrogen-bond acceptors (Lipinski definition) is 2. The second-order valence-electron chi connectivity index (χ2n) is 4.29. The summed E-state index contributed by atoms with van der Waals surface area (Å²) in [5, 5.41) is 3.45. The van der Waals surface area contributed by atoms with E-state index in [9.17, 15) is 0 Å². The molecule has 0 aliphatic carbocycles. The predicted octanol–water partition coefficient (Wildman–Crippen LogP) is 4.35. The lowest BCUT2D eigenvalue weighted by Crippen LogP contribution is -2.13. The minimum absolute atomic E-state index is 0.428. The molecule has 1 aromatic heterocycles. The van der Waals surface area contributed by atoms with Crippen LogP contribution in [0, 0.1) is 6.92 Å². The Morgan fingerprint density at radius 3 is 2.53 bits per heavy atom. The molecule has 1 saturated heterocycles. The van der Waals surface area contributed by atoms with Crippen LogP contribution in [0.1, 0.15) is 58.0 Å². The number of nitrogens with one attached hydrogen (secondary N) is 2. The van der Waals surface area contributed by atoms with E-state index in [1.165, 1.54) is 18.4 Å². The van der Waals surface area contributed by atoms with Crippen LogP contribution < -0.4 is 5.32 Å². The molecule has 1 fully saturated rings. The molecule has 0 spiro atoms. The van der Waals surface area contributed by atoms with E-state index in [4.69, 9.17) is 0 Å². The molecule has 1 aromatic carbocycles. The van der Waals surface area contributed by atoms with Crippen molar-refractivity contribution >= 4 is 11.0 Å². The monoisotopic (exact) mass is 261 g/mol. The minimum atomic E-state index is 0.428. The molecule has 0 radical (unpaired) electrons. The number of hydrogen-bond donors (Lipinski definition) is 2. The van der Waals surface area contributed by atoms with Crippen LogP contribution in [0.15, 0.2) is 18.2 Å². The van der Waals surface area contributed by atoms with Gasteiger partial charge in [0.1, 0.15) is 5.82 Å². The highest BCUT2D eigenvalue weighted by Gasteiger charge is 2.19. The van der Waals surface area contributed by atoms with E-state index in [0.29, 0.717) is 6.04 Å². The number of imidazole rings is 1. The first-order chi connectivity index (χ1) is 9.33. The Bertz CT molecular complexity index is 482. The molecule has 19 heavy (non-hydrogen) atoms. The van der Waals surface area contributed by atoms with Gasteiger partial charge in [-0.2, -0.15) is 0 Å². The van der Waals surface area contributed by atoms with Crippen LogP contribution in [0.4, 0.5) is 0 Å². The lowest BCUT2D eigenvalue weighted by molar-refractivity contribution is 0.614. The second kappa shape index (κ2) is 7.95. The number of nitrogens with zero attached hydrogens (tertiary/aromatic N) is 1. The van der Waals surface area contributed by atoms with Crippen molar-refractivity contribution in [2.75, 3.05) is 6.54 Å². The topological polar surface area (TPSA) is 40.7 Å². The zero-order chi connectivity index (χ0) is 14.3. The quantitative estimate of drug-likeness (QED) is 0.801. The number of H-pyrrole nitrogens is 1. The molecule has 0 amide bonds. The van der Waals surface area contributed by atoms with Crippen molar-refractivity contribution in [3.8, 4) is 0 Å². The summed E-state index contributed by atoms with van der Waals surface area (Å²) in [7, 11) is 0. The summed E-state index contributed by atoms with van der Waals surface area (Å²) in [6, 6.07) is 6.77. The van der Waals surface area contributed by atoms with E-state index >= 15 is 0 Å². The first-order valence-corrected chi connectivity index (χ1v) is 7.52. The Labute approximate surface area is 116 Å². The average molecular weight is 261 g/mol. The SMILES string of the molecule is CC.CC.Cc1ccc2nc(C3CCCN3)[nH]c2c1. The Morgan fingerprint density at radius 2 is 1.89 bits per heavy atom. The summed E-state index contributed by atoms with van der Waals surface area (Å²) < 4.78 is 0. The van der Waals surface area contributed by atoms with Crippen molar-refractivity contribution < 1.29 is 0 Å². The molecule has 1 aliphatic heterocycles. The highest BCUT2D eigenvalue weighted by molar-refractivity contribution is 5.75. The standard InChI is InChI=1S/C12H15N3.2C2H6/c1-8-4-5-9-11(7-8)15-12(14-9)10-3-2-6-13-10;2*1-2/h4-5,7,10,13H,2-3,6H2,1H3,(H,14,15);2*1-2H3. The van der Waals surface area contributed by atoms with Crippen molar-refractivity contribution in [2.24, 2.45) is 0 Å². The average Bonchev–Trinajstić information content (AvgIpc) is 3.11. The van der Waals surface area contributed by atoms with Gasteiger partial charge in [0.25, 0.3) is 0 Å². The number of benzene rings is 1. The molecule has 3 nitrogen and oxygen atoms in total. The summed E-state index contributed by atoms with van der Waals surface area (Å²) >= 11 is 0. The molecule has 2 aromatic rings. The number of aryl methyl sites for hydroxylation is 1. The summed E-state index contributed by atoms with van der Waals surface area (Å²) in [6.07, 6.45) is 2.44. The predicted molar refractivity (Wildman–Crippen MR) is 83.5 cm³/mol. The van der Waals surface area contributed by atoms with Crippen molar-refractivity contribution in [3.05, 3.63) is 29.6 Å². The van der Waals surface area contributed by atoms with Crippen LogP contribution in [0.5, 0.6) is 0 Å². The maximum Gasteiger partial charge on any atom is 0.124 e. The fourth-order valence-corrected chi connectivity index (χ4v) is 2.23. The van der Waals surface area contributed by atoms with Gasteiger partial charge in [-0.3, -0.25) is 0 Å². The first-order valence-electron chi connectivity index (χ1n) is 7.52. The third kappa shape index (κ3) is 3.80. The van der Waals surface area contributed by atoms with Crippen LogP contribution >= 0.6 is 0 Å². The maximum atomic E-state index is 4.62. The van der Waals surface area contributed by atoms with E-state index in [2.05, 4.69) is 40.4 Å². The lowest BCUT2D eigenvalue weighted by Gasteiger charge is -2.04. The molecular weight excluding hydrogens is 234 g/mol. The normalized spacial score (nSPS) is 17.4. The number of aromatic nitrogens is 2. The Morgan fingerprint density at radius 1 is 1.16 bits per heavy atom. The van der Waals surface area contributed by atoms with Gasteiger partial charge in [0, 0.05) is 0 Å². The zero-order valence-corrected chi connectivity index (χ0v) is 12.9. The third-order valence-corrected chi connectivity index (χ3v) is 3.05. The molecule has 106 valence electrons. The second-order valence-corrected chi connectivity index (χ2v) is 4.29. The summed E-state index contributed by atoms with van der Waals surface area (Å²) in [5.74, 6) is 1.09. The third-order valence-electron chi connectivity index (χ3n) is 3.05. The van der Waals surface area contributed by atoms with Gasteiger partial charge >= 0.3 is 0 Å². The van der Waals surface area contributed by atoms with Gasteiger partial charge < -0.3 is 10.3 Å². The van der Waals surface area contributed by atoms with E-state index in [1.807, 2.05) is 27.7 Å². The van der Waals surface area contributed by atoms with E-state index in [1.54, 1.807) is 0 Å². The van der Waals surface area contributed by atoms with Crippen LogP contribution in [0.25, 0.3) is 11.0 Å². The summed E-state index contributed by atoms with van der Waals surface area (Å²) in [4.78, 5) is 8.02. The molecule has 0 bridgehead atoms. The molecular formula is C16H27N3. The van der Waals surface area contributed by atoms with Crippen molar-refractivity contribution in [2.45, 2.75) is 53.5 Å². The van der Waals surface area contributed by atoms with Crippen LogP contribution in [-0.4, -0.2) is 16.5 Å². The van der Waals surface area contributed by atoms with Gasteiger partial charge in [-0.1, -0.05) is 33.8 Å². The van der Waals surface area contributed by atoms with Crippen molar-refractivity contribution in [1.82, 2.24) is 15.3 Å². The largest absolute Gasteiger partial charge is 0.341 e.